The third-order valence-corrected chi connectivity index (χ3v) is 4.12. The van der Waals surface area contributed by atoms with Crippen LogP contribution in [-0.2, 0) is 19.7 Å². The molecule has 1 heterocycles. The lowest BCUT2D eigenvalue weighted by Crippen LogP contribution is -2.38. The van der Waals surface area contributed by atoms with Crippen LogP contribution in [0.1, 0.15) is 5.56 Å². The van der Waals surface area contributed by atoms with Crippen LogP contribution in [0, 0.1) is 4.77 Å². The minimum Gasteiger partial charge on any atom is -0.504 e. The highest BCUT2D eigenvalue weighted by atomic mass is 32.2. The van der Waals surface area contributed by atoms with Gasteiger partial charge in [-0.3, -0.25) is 9.78 Å². The molecule has 2 aromatic rings. The second kappa shape index (κ2) is 8.51. The van der Waals surface area contributed by atoms with Crippen molar-refractivity contribution in [2.45, 2.75) is 0 Å². The van der Waals surface area contributed by atoms with Crippen LogP contribution in [0.3, 0.4) is 0 Å². The van der Waals surface area contributed by atoms with E-state index in [1.165, 1.54) is 20.5 Å². The van der Waals surface area contributed by atoms with Crippen LogP contribution < -0.4 is 14.2 Å². The molecule has 0 aliphatic rings. The number of benzene rings is 1. The summed E-state index contributed by atoms with van der Waals surface area (Å²) >= 11 is 4.90. The summed E-state index contributed by atoms with van der Waals surface area (Å²) in [6.45, 7) is 0. The predicted octanol–water partition coefficient (Wildman–Crippen LogP) is 0.894. The first-order chi connectivity index (χ1) is 12.4. The first-order valence-electron chi connectivity index (χ1n) is 7.03. The minimum absolute atomic E-state index is 0.0532. The highest BCUT2D eigenvalue weighted by Crippen LogP contribution is 2.29. The summed E-state index contributed by atoms with van der Waals surface area (Å²) in [6.07, 6.45) is 2.32. The van der Waals surface area contributed by atoms with E-state index in [0.29, 0.717) is 0 Å². The number of nitrogens with one attached hydrogen (secondary N) is 3. The van der Waals surface area contributed by atoms with E-state index in [1.54, 1.807) is 24.3 Å². The van der Waals surface area contributed by atoms with Crippen LogP contribution in [-0.4, -0.2) is 43.4 Å². The van der Waals surface area contributed by atoms with E-state index in [0.717, 1.165) is 6.26 Å². The molecule has 12 heteroatoms. The second-order valence-corrected chi connectivity index (χ2v) is 6.62. The summed E-state index contributed by atoms with van der Waals surface area (Å²) in [5, 5.41) is 0. The van der Waals surface area contributed by atoms with E-state index in [-0.39, 0.29) is 27.7 Å². The van der Waals surface area contributed by atoms with Crippen molar-refractivity contribution in [2.24, 2.45) is 0 Å². The number of carbonyl (C=O) groups excluding carboxylic acids is 1. The van der Waals surface area contributed by atoms with Gasteiger partial charge in [-0.05, 0) is 18.3 Å². The van der Waals surface area contributed by atoms with Crippen molar-refractivity contribution in [1.82, 2.24) is 24.4 Å². The molecule has 0 radical (unpaired) electrons. The number of hydrogen-bond donors (Lipinski definition) is 3. The van der Waals surface area contributed by atoms with Crippen LogP contribution >= 0.6 is 12.2 Å². The Morgan fingerprint density at radius 1 is 1.31 bits per heavy atom. The molecule has 0 saturated heterocycles. The number of aromatic amines is 1. The van der Waals surface area contributed by atoms with E-state index in [4.69, 9.17) is 21.7 Å². The molecule has 0 bridgehead atoms. The molecule has 138 valence electrons. The van der Waals surface area contributed by atoms with Crippen LogP contribution in [0.4, 0.5) is 0 Å². The van der Waals surface area contributed by atoms with Gasteiger partial charge < -0.3 is 9.47 Å². The highest BCUT2D eigenvalue weighted by Gasteiger charge is 2.21. The van der Waals surface area contributed by atoms with Gasteiger partial charge in [0.15, 0.2) is 0 Å². The van der Waals surface area contributed by atoms with Crippen LogP contribution in [0.25, 0.3) is 5.57 Å². The molecule has 1 aromatic carbocycles. The topological polar surface area (TPSA) is 135 Å². The van der Waals surface area contributed by atoms with Crippen molar-refractivity contribution in [3.05, 3.63) is 47.2 Å². The number of amides is 1. The van der Waals surface area contributed by atoms with Gasteiger partial charge in [-0.15, -0.1) is 0 Å². The normalized spacial score (nSPS) is 11.7. The molecule has 1 amide bonds. The molecule has 0 fully saturated rings. The minimum atomic E-state index is -3.99. The molecule has 0 atom stereocenters. The Morgan fingerprint density at radius 3 is 2.69 bits per heavy atom. The predicted molar refractivity (Wildman–Crippen MR) is 94.8 cm³/mol. The number of nitrogens with zero attached hydrogens (tertiary/aromatic N) is 2. The lowest BCUT2D eigenvalue weighted by Gasteiger charge is -2.13. The van der Waals surface area contributed by atoms with Crippen LogP contribution in [0.15, 0.2) is 36.9 Å². The Hall–Kier alpha value is -2.83. The lowest BCUT2D eigenvalue weighted by atomic mass is 10.1. The van der Waals surface area contributed by atoms with Crippen LogP contribution in [0.2, 0.25) is 0 Å². The zero-order valence-corrected chi connectivity index (χ0v) is 15.3. The van der Waals surface area contributed by atoms with Crippen molar-refractivity contribution in [1.29, 1.82) is 0 Å². The molecular formula is C14H15N5O5S2. The monoisotopic (exact) mass is 397 g/mol. The van der Waals surface area contributed by atoms with Gasteiger partial charge in [0.25, 0.3) is 5.91 Å². The van der Waals surface area contributed by atoms with Crippen molar-refractivity contribution >= 4 is 33.9 Å². The molecule has 2 rings (SSSR count). The van der Waals surface area contributed by atoms with Crippen molar-refractivity contribution in [3.8, 4) is 11.8 Å². The average Bonchev–Trinajstić information content (AvgIpc) is 2.60. The number of carbonyl (C=O) groups is 1. The van der Waals surface area contributed by atoms with Crippen molar-refractivity contribution < 1.29 is 22.7 Å². The number of methoxy groups -OCH3 is 1. The summed E-state index contributed by atoms with van der Waals surface area (Å²) in [6, 6.07) is 6.49. The molecular weight excluding hydrogens is 382 g/mol. The van der Waals surface area contributed by atoms with Gasteiger partial charge in [0.1, 0.15) is 12.1 Å². The van der Waals surface area contributed by atoms with E-state index in [1.807, 2.05) is 9.44 Å². The highest BCUT2D eigenvalue weighted by molar-refractivity contribution is 7.88. The Bertz CT molecular complexity index is 987. The molecule has 1 aromatic heterocycles. The summed E-state index contributed by atoms with van der Waals surface area (Å²) in [4.78, 5) is 22.7. The standard InChI is InChI=1S/C14H15N5O5S2/c1-15-26(21,22)19-12(20)10(7-23-2)9-5-3-4-6-11(9)24-13-16-8-17-14(25)18-13/h3-8,15H,1-2H3,(H,19,20)(H,16,17,18,25)/b10-7+. The Kier molecular flexibility index (Phi) is 6.38. The molecule has 0 spiro atoms. The number of para-hydroxylation sites is 1. The maximum absolute atomic E-state index is 12.4. The summed E-state index contributed by atoms with van der Waals surface area (Å²) in [5.41, 5.74) is 0.200. The molecule has 0 unspecified atom stereocenters. The number of aromatic nitrogens is 3. The van der Waals surface area contributed by atoms with Gasteiger partial charge >= 0.3 is 16.2 Å². The van der Waals surface area contributed by atoms with Gasteiger partial charge in [0, 0.05) is 12.6 Å². The van der Waals surface area contributed by atoms with Crippen LogP contribution in [0.5, 0.6) is 11.8 Å². The summed E-state index contributed by atoms with van der Waals surface area (Å²) in [5.74, 6) is -0.690. The maximum atomic E-state index is 12.4. The molecule has 10 nitrogen and oxygen atoms in total. The third-order valence-electron chi connectivity index (χ3n) is 2.92. The van der Waals surface area contributed by atoms with Crippen molar-refractivity contribution in [3.63, 3.8) is 0 Å². The largest absolute Gasteiger partial charge is 0.504 e. The second-order valence-electron chi connectivity index (χ2n) is 4.61. The first kappa shape index (κ1) is 19.5. The van der Waals surface area contributed by atoms with Gasteiger partial charge in [-0.25, -0.2) is 14.4 Å². The fraction of sp³-hybridized carbons (Fsp3) is 0.143. The average molecular weight is 397 g/mol. The zero-order chi connectivity index (χ0) is 19.2. The SMILES string of the molecule is CNS(=O)(=O)NC(=O)/C(=C/OC)c1ccccc1Oc1ncnc(=S)[nH]1. The van der Waals surface area contributed by atoms with E-state index >= 15 is 0 Å². The molecule has 26 heavy (non-hydrogen) atoms. The molecule has 0 aliphatic carbocycles. The van der Waals surface area contributed by atoms with Gasteiger partial charge in [0.05, 0.1) is 18.9 Å². The third kappa shape index (κ3) is 5.08. The van der Waals surface area contributed by atoms with E-state index in [2.05, 4.69) is 15.0 Å². The van der Waals surface area contributed by atoms with Gasteiger partial charge in [-0.1, -0.05) is 18.2 Å². The quantitative estimate of drug-likeness (QED) is 0.356. The van der Waals surface area contributed by atoms with Gasteiger partial charge in [-0.2, -0.15) is 13.4 Å². The Morgan fingerprint density at radius 2 is 2.04 bits per heavy atom. The maximum Gasteiger partial charge on any atom is 0.302 e. The number of ether oxygens (including phenoxy) is 2. The van der Waals surface area contributed by atoms with E-state index in [9.17, 15) is 13.2 Å². The molecule has 0 saturated carbocycles. The van der Waals surface area contributed by atoms with Crippen molar-refractivity contribution in [2.75, 3.05) is 14.2 Å². The smallest absolute Gasteiger partial charge is 0.302 e. The Balaban J connectivity index is 2.42. The van der Waals surface area contributed by atoms with Gasteiger partial charge in [0.2, 0.25) is 4.77 Å². The molecule has 3 N–H and O–H groups in total. The number of H-pyrrole nitrogens is 1. The zero-order valence-electron chi connectivity index (χ0n) is 13.7. The lowest BCUT2D eigenvalue weighted by molar-refractivity contribution is -0.114. The van der Waals surface area contributed by atoms with E-state index < -0.39 is 16.1 Å². The number of rotatable bonds is 7. The summed E-state index contributed by atoms with van der Waals surface area (Å²) < 4.78 is 37.7. The summed E-state index contributed by atoms with van der Waals surface area (Å²) in [7, 11) is -1.50. The first-order valence-corrected chi connectivity index (χ1v) is 8.92. The number of hydrogen-bond acceptors (Lipinski definition) is 8. The fourth-order valence-corrected chi connectivity index (χ4v) is 2.40. The molecule has 0 aliphatic heterocycles. The fourth-order valence-electron chi connectivity index (χ4n) is 1.81. The Labute approximate surface area is 154 Å².